The Hall–Kier alpha value is -4.66. The first kappa shape index (κ1) is 23.1. The predicted molar refractivity (Wildman–Crippen MR) is 141 cm³/mol. The van der Waals surface area contributed by atoms with Crippen molar-refractivity contribution in [1.29, 1.82) is 0 Å². The molecular formula is C27H27N7O2. The highest BCUT2D eigenvalue weighted by molar-refractivity contribution is 5.82. The highest BCUT2D eigenvalue weighted by Gasteiger charge is 2.16. The van der Waals surface area contributed by atoms with Gasteiger partial charge in [0.2, 0.25) is 0 Å². The Morgan fingerprint density at radius 3 is 2.39 bits per heavy atom. The molecule has 36 heavy (non-hydrogen) atoms. The molecule has 3 aromatic heterocycles. The smallest absolute Gasteiger partial charge is 0.126 e. The average Bonchev–Trinajstić information content (AvgIpc) is 3.37. The van der Waals surface area contributed by atoms with E-state index in [0.717, 1.165) is 45.2 Å². The zero-order chi connectivity index (χ0) is 25.1. The second-order valence-corrected chi connectivity index (χ2v) is 8.25. The number of aryl methyl sites for hydroxylation is 1. The van der Waals surface area contributed by atoms with Crippen LogP contribution in [0.15, 0.2) is 73.2 Å². The number of benzene rings is 2. The third-order valence-electron chi connectivity index (χ3n) is 5.87. The molecule has 0 aliphatic rings. The van der Waals surface area contributed by atoms with Crippen molar-refractivity contribution < 1.29 is 9.47 Å². The monoisotopic (exact) mass is 481 g/mol. The number of methoxy groups -OCH3 is 2. The summed E-state index contributed by atoms with van der Waals surface area (Å²) in [5.74, 6) is 2.21. The van der Waals surface area contributed by atoms with Gasteiger partial charge in [0.1, 0.15) is 17.3 Å². The Kier molecular flexibility index (Phi) is 6.36. The van der Waals surface area contributed by atoms with Crippen LogP contribution in [-0.2, 0) is 13.6 Å². The van der Waals surface area contributed by atoms with Gasteiger partial charge >= 0.3 is 0 Å². The molecule has 0 spiro atoms. The number of fused-ring (bicyclic) bond motifs is 1. The number of rotatable bonds is 8. The van der Waals surface area contributed by atoms with Crippen molar-refractivity contribution >= 4 is 28.2 Å². The SMILES string of the molecule is CNc1cccc(CN(c2cc(OC)cc(OC)c2)c2ccc3ncc(-c4cnn(C)c4)nc3c2)n1. The standard InChI is InChI=1S/C27H27N7O2/c1-28-27-7-5-6-19(31-27)17-34(21-10-22(35-3)13-23(11-21)36-4)20-8-9-24-25(12-20)32-26(15-29-24)18-14-30-33(2)16-18/h5-16H,17H2,1-4H3,(H,28,31). The van der Waals surface area contributed by atoms with Crippen LogP contribution in [-0.4, -0.2) is 46.0 Å². The highest BCUT2D eigenvalue weighted by Crippen LogP contribution is 2.35. The first-order chi connectivity index (χ1) is 17.6. The molecule has 0 aliphatic carbocycles. The van der Waals surface area contributed by atoms with Gasteiger partial charge < -0.3 is 19.7 Å². The van der Waals surface area contributed by atoms with Gasteiger partial charge in [0.05, 0.1) is 55.6 Å². The summed E-state index contributed by atoms with van der Waals surface area (Å²) in [6.07, 6.45) is 5.49. The maximum atomic E-state index is 5.54. The quantitative estimate of drug-likeness (QED) is 0.337. The summed E-state index contributed by atoms with van der Waals surface area (Å²) < 4.78 is 12.8. The minimum absolute atomic E-state index is 0.521. The van der Waals surface area contributed by atoms with Crippen molar-refractivity contribution in [2.24, 2.45) is 7.05 Å². The van der Waals surface area contributed by atoms with E-state index in [1.807, 2.05) is 74.9 Å². The van der Waals surface area contributed by atoms with Gasteiger partial charge in [-0.15, -0.1) is 0 Å². The molecule has 0 fully saturated rings. The molecule has 0 radical (unpaired) electrons. The van der Waals surface area contributed by atoms with E-state index in [4.69, 9.17) is 19.4 Å². The van der Waals surface area contributed by atoms with E-state index in [-0.39, 0.29) is 0 Å². The zero-order valence-electron chi connectivity index (χ0n) is 20.6. The fraction of sp³-hybridized carbons (Fsp3) is 0.185. The van der Waals surface area contributed by atoms with Crippen molar-refractivity contribution in [2.45, 2.75) is 6.54 Å². The van der Waals surface area contributed by atoms with Gasteiger partial charge in [0, 0.05) is 55.4 Å². The summed E-state index contributed by atoms with van der Waals surface area (Å²) in [7, 11) is 7.03. The average molecular weight is 482 g/mol. The van der Waals surface area contributed by atoms with E-state index in [2.05, 4.69) is 20.3 Å². The van der Waals surface area contributed by atoms with Crippen LogP contribution < -0.4 is 19.7 Å². The number of pyridine rings is 1. The maximum Gasteiger partial charge on any atom is 0.126 e. The lowest BCUT2D eigenvalue weighted by atomic mass is 10.1. The largest absolute Gasteiger partial charge is 0.497 e. The Morgan fingerprint density at radius 1 is 0.889 bits per heavy atom. The van der Waals surface area contributed by atoms with Crippen LogP contribution in [0.4, 0.5) is 17.2 Å². The van der Waals surface area contributed by atoms with Gasteiger partial charge in [0.25, 0.3) is 0 Å². The fourth-order valence-corrected chi connectivity index (χ4v) is 4.01. The normalized spacial score (nSPS) is 10.9. The molecule has 182 valence electrons. The fourth-order valence-electron chi connectivity index (χ4n) is 4.01. The molecule has 2 aromatic carbocycles. The lowest BCUT2D eigenvalue weighted by molar-refractivity contribution is 0.394. The molecule has 9 heteroatoms. The predicted octanol–water partition coefficient (Wildman–Crippen LogP) is 4.82. The second kappa shape index (κ2) is 9.91. The molecule has 0 saturated carbocycles. The van der Waals surface area contributed by atoms with E-state index in [1.54, 1.807) is 31.3 Å². The molecule has 1 N–H and O–H groups in total. The Balaban J connectivity index is 1.62. The van der Waals surface area contributed by atoms with Crippen LogP contribution in [0, 0.1) is 0 Å². The maximum absolute atomic E-state index is 5.54. The molecule has 0 bridgehead atoms. The number of nitrogens with zero attached hydrogens (tertiary/aromatic N) is 6. The van der Waals surface area contributed by atoms with E-state index in [1.165, 1.54) is 0 Å². The summed E-state index contributed by atoms with van der Waals surface area (Å²) in [6, 6.07) is 17.8. The van der Waals surface area contributed by atoms with Crippen LogP contribution in [0.5, 0.6) is 11.5 Å². The Labute approximate surface area is 209 Å². The van der Waals surface area contributed by atoms with Gasteiger partial charge in [-0.3, -0.25) is 9.67 Å². The number of aromatic nitrogens is 5. The summed E-state index contributed by atoms with van der Waals surface area (Å²) >= 11 is 0. The Bertz CT molecular complexity index is 1490. The molecule has 3 heterocycles. The van der Waals surface area contributed by atoms with Crippen LogP contribution in [0.3, 0.4) is 0 Å². The van der Waals surface area contributed by atoms with Crippen LogP contribution in [0.2, 0.25) is 0 Å². The number of nitrogens with one attached hydrogen (secondary N) is 1. The summed E-state index contributed by atoms with van der Waals surface area (Å²) in [5.41, 5.74) is 6.02. The molecule has 5 aromatic rings. The van der Waals surface area contributed by atoms with Gasteiger partial charge in [-0.2, -0.15) is 5.10 Å². The van der Waals surface area contributed by atoms with E-state index in [9.17, 15) is 0 Å². The second-order valence-electron chi connectivity index (χ2n) is 8.25. The van der Waals surface area contributed by atoms with Crippen LogP contribution in [0.25, 0.3) is 22.3 Å². The van der Waals surface area contributed by atoms with Gasteiger partial charge in [-0.25, -0.2) is 9.97 Å². The van der Waals surface area contributed by atoms with Crippen molar-refractivity contribution in [3.63, 3.8) is 0 Å². The van der Waals surface area contributed by atoms with Crippen LogP contribution in [0.1, 0.15) is 5.69 Å². The van der Waals surface area contributed by atoms with Crippen molar-refractivity contribution in [3.05, 3.63) is 78.9 Å². The minimum atomic E-state index is 0.521. The van der Waals surface area contributed by atoms with Crippen LogP contribution >= 0.6 is 0 Å². The lowest BCUT2D eigenvalue weighted by Crippen LogP contribution is -2.18. The summed E-state index contributed by atoms with van der Waals surface area (Å²) in [6.45, 7) is 0.521. The number of hydrogen-bond donors (Lipinski definition) is 1. The Morgan fingerprint density at radius 2 is 1.69 bits per heavy atom. The third-order valence-corrected chi connectivity index (χ3v) is 5.87. The topological polar surface area (TPSA) is 90.2 Å². The number of anilines is 3. The van der Waals surface area contributed by atoms with Gasteiger partial charge in [-0.1, -0.05) is 6.07 Å². The lowest BCUT2D eigenvalue weighted by Gasteiger charge is -2.26. The molecule has 0 amide bonds. The number of ether oxygens (including phenoxy) is 2. The molecule has 0 atom stereocenters. The van der Waals surface area contributed by atoms with Gasteiger partial charge in [-0.05, 0) is 30.3 Å². The van der Waals surface area contributed by atoms with Crippen molar-refractivity contribution in [3.8, 4) is 22.8 Å². The van der Waals surface area contributed by atoms with Gasteiger partial charge in [0.15, 0.2) is 0 Å². The highest BCUT2D eigenvalue weighted by atomic mass is 16.5. The van der Waals surface area contributed by atoms with Crippen molar-refractivity contribution in [1.82, 2.24) is 24.7 Å². The van der Waals surface area contributed by atoms with E-state index < -0.39 is 0 Å². The summed E-state index contributed by atoms with van der Waals surface area (Å²) in [4.78, 5) is 16.4. The zero-order valence-corrected chi connectivity index (χ0v) is 20.6. The van der Waals surface area contributed by atoms with E-state index in [0.29, 0.717) is 18.0 Å². The molecule has 0 saturated heterocycles. The molecule has 0 unspecified atom stereocenters. The first-order valence-electron chi connectivity index (χ1n) is 11.5. The summed E-state index contributed by atoms with van der Waals surface area (Å²) in [5, 5.41) is 7.37. The minimum Gasteiger partial charge on any atom is -0.497 e. The van der Waals surface area contributed by atoms with Crippen molar-refractivity contribution in [2.75, 3.05) is 31.5 Å². The molecular weight excluding hydrogens is 454 g/mol. The third kappa shape index (κ3) is 4.76. The molecule has 9 nitrogen and oxygen atoms in total. The number of hydrogen-bond acceptors (Lipinski definition) is 8. The van der Waals surface area contributed by atoms with E-state index >= 15 is 0 Å². The first-order valence-corrected chi connectivity index (χ1v) is 11.5. The molecule has 5 rings (SSSR count). The molecule has 0 aliphatic heterocycles.